The summed E-state index contributed by atoms with van der Waals surface area (Å²) in [5.41, 5.74) is 5.98. The average Bonchev–Trinajstić information content (AvgIpc) is 2.45. The molecule has 0 aliphatic heterocycles. The first-order chi connectivity index (χ1) is 9.94. The predicted octanol–water partition coefficient (Wildman–Crippen LogP) is 1.62. The van der Waals surface area contributed by atoms with Crippen LogP contribution in [-0.4, -0.2) is 25.3 Å². The normalized spacial score (nSPS) is 13.2. The monoisotopic (exact) mass is 306 g/mol. The van der Waals surface area contributed by atoms with Gasteiger partial charge in [0.05, 0.1) is 16.2 Å². The van der Waals surface area contributed by atoms with Crippen molar-refractivity contribution in [1.82, 2.24) is 9.71 Å². The fourth-order valence-corrected chi connectivity index (χ4v) is 3.66. The van der Waals surface area contributed by atoms with Gasteiger partial charge in [-0.1, -0.05) is 13.0 Å². The third kappa shape index (κ3) is 3.56. The number of pyridine rings is 1. The lowest BCUT2D eigenvalue weighted by molar-refractivity contribution is 0.546. The Bertz CT molecular complexity index is 753. The number of sulfonamides is 1. The highest BCUT2D eigenvalue weighted by Crippen LogP contribution is 2.21. The van der Waals surface area contributed by atoms with Gasteiger partial charge in [0.15, 0.2) is 0 Å². The van der Waals surface area contributed by atoms with Crippen LogP contribution in [0.1, 0.15) is 19.8 Å². The number of hydrogen-bond donors (Lipinski definition) is 3. The first-order valence-corrected chi connectivity index (χ1v) is 8.11. The van der Waals surface area contributed by atoms with Crippen LogP contribution < -0.4 is 10.5 Å². The Balaban J connectivity index is 2.40. The fourth-order valence-electron chi connectivity index (χ4n) is 2.13. The van der Waals surface area contributed by atoms with Gasteiger partial charge in [0.1, 0.15) is 0 Å². The molecule has 0 aliphatic rings. The van der Waals surface area contributed by atoms with Crippen LogP contribution >= 0.6 is 0 Å². The Hall–Kier alpha value is -1.99. The van der Waals surface area contributed by atoms with Crippen LogP contribution in [0, 0.1) is 5.41 Å². The summed E-state index contributed by atoms with van der Waals surface area (Å²) in [7, 11) is -3.69. The molecule has 0 radical (unpaired) electrons. The van der Waals surface area contributed by atoms with Gasteiger partial charge in [0, 0.05) is 24.0 Å². The van der Waals surface area contributed by atoms with Crippen molar-refractivity contribution in [3.05, 3.63) is 36.5 Å². The lowest BCUT2D eigenvalue weighted by atomic mass is 10.1. The van der Waals surface area contributed by atoms with E-state index in [0.717, 1.165) is 0 Å². The number of fused-ring (bicyclic) bond motifs is 1. The standard InChI is InChI=1S/C14H18N4O2S/c1-2-10(9-14(15)16)18-21(19,20)13-7-3-6-12-11(13)5-4-8-17-12/h3-8,10,18H,2,9H2,1H3,(H3,15,16). The van der Waals surface area contributed by atoms with E-state index in [1.807, 2.05) is 6.92 Å². The molecule has 1 aromatic heterocycles. The summed E-state index contributed by atoms with van der Waals surface area (Å²) < 4.78 is 27.7. The van der Waals surface area contributed by atoms with Crippen molar-refractivity contribution >= 4 is 26.8 Å². The van der Waals surface area contributed by atoms with Crippen LogP contribution in [-0.2, 0) is 10.0 Å². The van der Waals surface area contributed by atoms with Crippen LogP contribution in [0.15, 0.2) is 41.4 Å². The van der Waals surface area contributed by atoms with Crippen molar-refractivity contribution in [3.8, 4) is 0 Å². The van der Waals surface area contributed by atoms with Crippen molar-refractivity contribution in [2.75, 3.05) is 0 Å². The van der Waals surface area contributed by atoms with Gasteiger partial charge in [-0.3, -0.25) is 10.4 Å². The van der Waals surface area contributed by atoms with Gasteiger partial charge in [-0.25, -0.2) is 13.1 Å². The molecule has 0 saturated carbocycles. The molecule has 112 valence electrons. The second-order valence-electron chi connectivity index (χ2n) is 4.78. The number of nitrogens with two attached hydrogens (primary N) is 1. The van der Waals surface area contributed by atoms with Crippen molar-refractivity contribution < 1.29 is 8.42 Å². The largest absolute Gasteiger partial charge is 0.388 e. The Kier molecular flexibility index (Phi) is 4.54. The van der Waals surface area contributed by atoms with Crippen LogP contribution in [0.25, 0.3) is 10.9 Å². The van der Waals surface area contributed by atoms with E-state index in [1.54, 1.807) is 36.5 Å². The Labute approximate surface area is 123 Å². The topological polar surface area (TPSA) is 109 Å². The van der Waals surface area contributed by atoms with E-state index in [4.69, 9.17) is 11.1 Å². The smallest absolute Gasteiger partial charge is 0.241 e. The Morgan fingerprint density at radius 2 is 2.14 bits per heavy atom. The van der Waals surface area contributed by atoms with Gasteiger partial charge < -0.3 is 5.73 Å². The van der Waals surface area contributed by atoms with Gasteiger partial charge in [-0.15, -0.1) is 0 Å². The lowest BCUT2D eigenvalue weighted by Crippen LogP contribution is -2.37. The van der Waals surface area contributed by atoms with Gasteiger partial charge in [0.25, 0.3) is 0 Å². The molecular formula is C14H18N4O2S. The van der Waals surface area contributed by atoms with Crippen molar-refractivity contribution in [2.45, 2.75) is 30.7 Å². The first kappa shape index (κ1) is 15.4. The third-order valence-electron chi connectivity index (χ3n) is 3.18. The van der Waals surface area contributed by atoms with Crippen molar-refractivity contribution in [2.24, 2.45) is 5.73 Å². The zero-order valence-corrected chi connectivity index (χ0v) is 12.5. The molecule has 0 amide bonds. The molecule has 0 fully saturated rings. The van der Waals surface area contributed by atoms with Gasteiger partial charge >= 0.3 is 0 Å². The van der Waals surface area contributed by atoms with Gasteiger partial charge in [-0.2, -0.15) is 0 Å². The summed E-state index contributed by atoms with van der Waals surface area (Å²) in [5, 5.41) is 7.88. The molecule has 2 rings (SSSR count). The van der Waals surface area contributed by atoms with E-state index in [0.29, 0.717) is 17.3 Å². The van der Waals surface area contributed by atoms with E-state index in [9.17, 15) is 8.42 Å². The molecule has 21 heavy (non-hydrogen) atoms. The minimum atomic E-state index is -3.69. The Morgan fingerprint density at radius 3 is 2.81 bits per heavy atom. The third-order valence-corrected chi connectivity index (χ3v) is 4.75. The summed E-state index contributed by atoms with van der Waals surface area (Å²) in [5.74, 6) is -0.0378. The molecule has 1 heterocycles. The number of hydrogen-bond acceptors (Lipinski definition) is 4. The summed E-state index contributed by atoms with van der Waals surface area (Å²) in [6.07, 6.45) is 2.37. The van der Waals surface area contributed by atoms with Crippen molar-refractivity contribution in [1.29, 1.82) is 5.41 Å². The van der Waals surface area contributed by atoms with Crippen LogP contribution in [0.3, 0.4) is 0 Å². The molecule has 2 aromatic rings. The summed E-state index contributed by atoms with van der Waals surface area (Å²) >= 11 is 0. The summed E-state index contributed by atoms with van der Waals surface area (Å²) in [6, 6.07) is 8.01. The maximum absolute atomic E-state index is 12.5. The number of rotatable bonds is 6. The summed E-state index contributed by atoms with van der Waals surface area (Å²) in [4.78, 5) is 4.35. The zero-order valence-electron chi connectivity index (χ0n) is 11.7. The van der Waals surface area contributed by atoms with E-state index < -0.39 is 10.0 Å². The highest BCUT2D eigenvalue weighted by molar-refractivity contribution is 7.89. The molecule has 6 nitrogen and oxygen atoms in total. The number of aromatic nitrogens is 1. The molecule has 1 atom stereocenters. The molecule has 1 aromatic carbocycles. The minimum absolute atomic E-state index is 0.0378. The van der Waals surface area contributed by atoms with E-state index in [-0.39, 0.29) is 23.2 Å². The first-order valence-electron chi connectivity index (χ1n) is 6.63. The second-order valence-corrected chi connectivity index (χ2v) is 6.46. The van der Waals surface area contributed by atoms with E-state index in [2.05, 4.69) is 9.71 Å². The number of nitrogens with zero attached hydrogens (tertiary/aromatic N) is 1. The highest BCUT2D eigenvalue weighted by Gasteiger charge is 2.21. The SMILES string of the molecule is CCC(CC(=N)N)NS(=O)(=O)c1cccc2ncccc12. The van der Waals surface area contributed by atoms with Crippen LogP contribution in [0.2, 0.25) is 0 Å². The second kappa shape index (κ2) is 6.19. The van der Waals surface area contributed by atoms with Crippen LogP contribution in [0.5, 0.6) is 0 Å². The predicted molar refractivity (Wildman–Crippen MR) is 82.7 cm³/mol. The maximum atomic E-state index is 12.5. The number of nitrogens with one attached hydrogen (secondary N) is 2. The van der Waals surface area contributed by atoms with Gasteiger partial charge in [0.2, 0.25) is 10.0 Å². The molecule has 0 aliphatic carbocycles. The summed E-state index contributed by atoms with van der Waals surface area (Å²) in [6.45, 7) is 1.85. The molecule has 0 spiro atoms. The number of amidine groups is 1. The molecule has 1 unspecified atom stereocenters. The number of benzene rings is 1. The minimum Gasteiger partial charge on any atom is -0.388 e. The van der Waals surface area contributed by atoms with E-state index >= 15 is 0 Å². The lowest BCUT2D eigenvalue weighted by Gasteiger charge is -2.17. The van der Waals surface area contributed by atoms with E-state index in [1.165, 1.54) is 0 Å². The Morgan fingerprint density at radius 1 is 1.38 bits per heavy atom. The highest BCUT2D eigenvalue weighted by atomic mass is 32.2. The molecule has 7 heteroatoms. The zero-order chi connectivity index (χ0) is 15.5. The van der Waals surface area contributed by atoms with Gasteiger partial charge in [-0.05, 0) is 30.7 Å². The molecule has 0 bridgehead atoms. The quantitative estimate of drug-likeness (QED) is 0.556. The average molecular weight is 306 g/mol. The van der Waals surface area contributed by atoms with Crippen molar-refractivity contribution in [3.63, 3.8) is 0 Å². The molecule has 0 saturated heterocycles. The fraction of sp³-hybridized carbons (Fsp3) is 0.286. The van der Waals surface area contributed by atoms with Crippen LogP contribution in [0.4, 0.5) is 0 Å². The molecule has 4 N–H and O–H groups in total. The maximum Gasteiger partial charge on any atom is 0.241 e. The molecular weight excluding hydrogens is 288 g/mol.